The molecular weight excluding hydrogens is 490 g/mol. The summed E-state index contributed by atoms with van der Waals surface area (Å²) in [6, 6.07) is 1.95. The van der Waals surface area contributed by atoms with Crippen LogP contribution in [-0.2, 0) is 35.2 Å². The first-order valence-corrected chi connectivity index (χ1v) is 11.3. The Bertz CT molecular complexity index is 1180. The van der Waals surface area contributed by atoms with Crippen molar-refractivity contribution >= 4 is 46.5 Å². The van der Waals surface area contributed by atoms with Crippen LogP contribution in [0.15, 0.2) is 30.5 Å². The van der Waals surface area contributed by atoms with Crippen LogP contribution in [0.2, 0.25) is 0 Å². The predicted octanol–water partition coefficient (Wildman–Crippen LogP) is -1.06. The van der Waals surface area contributed by atoms with E-state index in [1.165, 1.54) is 6.92 Å². The number of rotatable bonds is 14. The van der Waals surface area contributed by atoms with Crippen LogP contribution in [0.1, 0.15) is 31.7 Å². The van der Waals surface area contributed by atoms with Crippen molar-refractivity contribution in [3.05, 3.63) is 36.0 Å². The predicted molar refractivity (Wildman–Crippen MR) is 128 cm³/mol. The number of amides is 3. The Balaban J connectivity index is 2.01. The van der Waals surface area contributed by atoms with Gasteiger partial charge >= 0.3 is 17.9 Å². The Labute approximate surface area is 210 Å². The van der Waals surface area contributed by atoms with E-state index in [1.807, 2.05) is 29.6 Å². The summed E-state index contributed by atoms with van der Waals surface area (Å²) in [5.74, 6) is -6.98. The normalized spacial score (nSPS) is 14.1. The number of carbonyl (C=O) groups is 6. The van der Waals surface area contributed by atoms with Crippen LogP contribution in [0.25, 0.3) is 10.9 Å². The van der Waals surface area contributed by atoms with Gasteiger partial charge in [-0.15, -0.1) is 0 Å². The van der Waals surface area contributed by atoms with Crippen LogP contribution < -0.4 is 21.7 Å². The monoisotopic (exact) mass is 519 g/mol. The third-order valence-corrected chi connectivity index (χ3v) is 5.48. The quantitative estimate of drug-likeness (QED) is 0.150. The molecule has 9 N–H and O–H groups in total. The average Bonchev–Trinajstić information content (AvgIpc) is 3.23. The van der Waals surface area contributed by atoms with E-state index >= 15 is 0 Å². The van der Waals surface area contributed by atoms with Crippen LogP contribution in [0.3, 0.4) is 0 Å². The average molecular weight is 520 g/mol. The number of nitrogens with one attached hydrogen (secondary N) is 4. The summed E-state index contributed by atoms with van der Waals surface area (Å²) in [4.78, 5) is 73.9. The molecule has 0 saturated heterocycles. The lowest BCUT2D eigenvalue weighted by Gasteiger charge is -2.23. The number of aromatic amines is 1. The highest BCUT2D eigenvalue weighted by molar-refractivity contribution is 5.95. The minimum Gasteiger partial charge on any atom is -0.481 e. The van der Waals surface area contributed by atoms with E-state index in [1.54, 1.807) is 6.20 Å². The van der Waals surface area contributed by atoms with Gasteiger partial charge in [0.1, 0.15) is 18.1 Å². The summed E-state index contributed by atoms with van der Waals surface area (Å²) in [6.45, 7) is 1.32. The first kappa shape index (κ1) is 28.8. The van der Waals surface area contributed by atoms with Gasteiger partial charge in [-0.1, -0.05) is 18.2 Å². The second kappa shape index (κ2) is 13.0. The summed E-state index contributed by atoms with van der Waals surface area (Å²) in [5.41, 5.74) is 7.68. The zero-order valence-corrected chi connectivity index (χ0v) is 19.9. The minimum absolute atomic E-state index is 0.175. The van der Waals surface area contributed by atoms with Gasteiger partial charge in [0.25, 0.3) is 0 Å². The SMILES string of the molecule is CC(NC(=O)C(N)Cc1c[nH]c2ccccc12)C(=O)NC(CCC(=O)O)C(=O)NC(CC(=O)O)C(=O)O. The highest BCUT2D eigenvalue weighted by Gasteiger charge is 2.30. The smallest absolute Gasteiger partial charge is 0.326 e. The molecule has 4 unspecified atom stereocenters. The van der Waals surface area contributed by atoms with E-state index in [0.717, 1.165) is 16.5 Å². The number of benzene rings is 1. The third-order valence-electron chi connectivity index (χ3n) is 5.48. The van der Waals surface area contributed by atoms with Gasteiger partial charge < -0.3 is 42.0 Å². The summed E-state index contributed by atoms with van der Waals surface area (Å²) < 4.78 is 0. The molecule has 0 saturated carbocycles. The van der Waals surface area contributed by atoms with Gasteiger partial charge in [0.2, 0.25) is 17.7 Å². The maximum absolute atomic E-state index is 12.6. The first-order chi connectivity index (χ1) is 17.4. The Morgan fingerprint density at radius 3 is 2.16 bits per heavy atom. The molecule has 14 nitrogen and oxygen atoms in total. The Morgan fingerprint density at radius 1 is 0.892 bits per heavy atom. The largest absolute Gasteiger partial charge is 0.481 e. The summed E-state index contributed by atoms with van der Waals surface area (Å²) in [6.07, 6.45) is 0.0160. The molecule has 3 amide bonds. The van der Waals surface area contributed by atoms with Gasteiger partial charge in [0.15, 0.2) is 0 Å². The van der Waals surface area contributed by atoms with Gasteiger partial charge in [-0.05, 0) is 31.4 Å². The van der Waals surface area contributed by atoms with Gasteiger partial charge in [-0.2, -0.15) is 0 Å². The topological polar surface area (TPSA) is 241 Å². The highest BCUT2D eigenvalue weighted by atomic mass is 16.4. The molecule has 200 valence electrons. The Morgan fingerprint density at radius 2 is 1.54 bits per heavy atom. The number of nitrogens with two attached hydrogens (primary N) is 1. The molecule has 2 rings (SSSR count). The summed E-state index contributed by atoms with van der Waals surface area (Å²) in [7, 11) is 0. The van der Waals surface area contributed by atoms with Crippen LogP contribution >= 0.6 is 0 Å². The number of carbonyl (C=O) groups excluding carboxylic acids is 3. The second-order valence-electron chi connectivity index (χ2n) is 8.39. The van der Waals surface area contributed by atoms with Crippen LogP contribution in [0.4, 0.5) is 0 Å². The Kier molecular flexibility index (Phi) is 10.1. The molecule has 37 heavy (non-hydrogen) atoms. The van der Waals surface area contributed by atoms with Crippen molar-refractivity contribution in [2.75, 3.05) is 0 Å². The summed E-state index contributed by atoms with van der Waals surface area (Å²) in [5, 5.41) is 34.5. The van der Waals surface area contributed by atoms with Gasteiger partial charge in [0.05, 0.1) is 12.5 Å². The van der Waals surface area contributed by atoms with Crippen molar-refractivity contribution in [3.63, 3.8) is 0 Å². The number of carboxylic acid groups (broad SMARTS) is 3. The van der Waals surface area contributed by atoms with Gasteiger partial charge in [0, 0.05) is 23.5 Å². The number of hydrogen-bond donors (Lipinski definition) is 8. The summed E-state index contributed by atoms with van der Waals surface area (Å²) >= 11 is 0. The molecule has 0 bridgehead atoms. The lowest BCUT2D eigenvalue weighted by molar-refractivity contribution is -0.147. The minimum atomic E-state index is -1.80. The third kappa shape index (κ3) is 8.61. The molecule has 0 aliphatic carbocycles. The number of aliphatic carboxylic acids is 3. The molecule has 1 aromatic heterocycles. The number of aromatic nitrogens is 1. The molecule has 14 heteroatoms. The van der Waals surface area contributed by atoms with E-state index in [9.17, 15) is 28.8 Å². The molecule has 1 heterocycles. The Hall–Kier alpha value is -4.46. The van der Waals surface area contributed by atoms with Crippen molar-refractivity contribution in [3.8, 4) is 0 Å². The van der Waals surface area contributed by atoms with E-state index in [-0.39, 0.29) is 6.42 Å². The van der Waals surface area contributed by atoms with Gasteiger partial charge in [-0.3, -0.25) is 24.0 Å². The lowest BCUT2D eigenvalue weighted by Crippen LogP contribution is -2.56. The fourth-order valence-corrected chi connectivity index (χ4v) is 3.50. The fraction of sp³-hybridized carbons (Fsp3) is 0.391. The van der Waals surface area contributed by atoms with Crippen molar-refractivity contribution < 1.29 is 44.1 Å². The number of para-hydroxylation sites is 1. The van der Waals surface area contributed by atoms with Crippen molar-refractivity contribution in [1.82, 2.24) is 20.9 Å². The maximum Gasteiger partial charge on any atom is 0.326 e. The molecular formula is C23H29N5O9. The van der Waals surface area contributed by atoms with E-state index in [4.69, 9.17) is 21.1 Å². The second-order valence-corrected chi connectivity index (χ2v) is 8.39. The lowest BCUT2D eigenvalue weighted by atomic mass is 10.0. The number of hydrogen-bond acceptors (Lipinski definition) is 7. The molecule has 0 radical (unpaired) electrons. The number of carboxylic acids is 3. The highest BCUT2D eigenvalue weighted by Crippen LogP contribution is 2.18. The van der Waals surface area contributed by atoms with E-state index in [2.05, 4.69) is 15.6 Å². The van der Waals surface area contributed by atoms with Crippen LogP contribution in [-0.4, -0.2) is 80.1 Å². The molecule has 1 aromatic carbocycles. The fourth-order valence-electron chi connectivity index (χ4n) is 3.50. The first-order valence-electron chi connectivity index (χ1n) is 11.3. The number of fused-ring (bicyclic) bond motifs is 1. The van der Waals surface area contributed by atoms with Crippen molar-refractivity contribution in [2.45, 2.75) is 56.8 Å². The van der Waals surface area contributed by atoms with Crippen LogP contribution in [0, 0.1) is 0 Å². The maximum atomic E-state index is 12.6. The van der Waals surface area contributed by atoms with Gasteiger partial charge in [-0.25, -0.2) is 4.79 Å². The van der Waals surface area contributed by atoms with Crippen molar-refractivity contribution in [1.29, 1.82) is 0 Å². The van der Waals surface area contributed by atoms with E-state index < -0.39 is 79.1 Å². The molecule has 0 spiro atoms. The zero-order chi connectivity index (χ0) is 27.7. The van der Waals surface area contributed by atoms with Crippen molar-refractivity contribution in [2.24, 2.45) is 5.73 Å². The zero-order valence-electron chi connectivity index (χ0n) is 19.9. The van der Waals surface area contributed by atoms with E-state index in [0.29, 0.717) is 0 Å². The standard InChI is InChI=1S/C23H29N5O9/c1-11(26-21(34)14(24)8-12-10-25-15-5-3-2-4-13(12)15)20(33)27-16(6-7-18(29)30)22(35)28-17(23(36)37)9-19(31)32/h2-5,10-11,14,16-17,25H,6-9,24H2,1H3,(H,26,34)(H,27,33)(H,28,35)(H,29,30)(H,31,32)(H,36,37). The molecule has 2 aromatic rings. The van der Waals surface area contributed by atoms with Crippen LogP contribution in [0.5, 0.6) is 0 Å². The molecule has 4 atom stereocenters. The number of H-pyrrole nitrogens is 1. The molecule has 0 aliphatic heterocycles. The molecule has 0 fully saturated rings. The molecule has 0 aliphatic rings.